The minimum Gasteiger partial charge on any atom is -0.451 e. The molecule has 2 rings (SSSR count). The second-order valence-electron chi connectivity index (χ2n) is 5.28. The Labute approximate surface area is 139 Å². The van der Waals surface area contributed by atoms with E-state index < -0.39 is 36.3 Å². The smallest absolute Gasteiger partial charge is 0.326 e. The van der Waals surface area contributed by atoms with E-state index in [1.807, 2.05) is 0 Å². The summed E-state index contributed by atoms with van der Waals surface area (Å²) in [5.74, 6) is -2.32. The van der Waals surface area contributed by atoms with Gasteiger partial charge in [-0.15, -0.1) is 6.58 Å². The molecule has 1 aliphatic heterocycles. The molecule has 1 atom stereocenters. The Kier molecular flexibility index (Phi) is 5.47. The zero-order valence-electron chi connectivity index (χ0n) is 13.3. The van der Waals surface area contributed by atoms with E-state index in [0.29, 0.717) is 11.1 Å². The van der Waals surface area contributed by atoms with Crippen LogP contribution in [0.5, 0.6) is 0 Å². The van der Waals surface area contributed by atoms with Crippen LogP contribution in [-0.2, 0) is 25.5 Å². The van der Waals surface area contributed by atoms with E-state index >= 15 is 0 Å². The Morgan fingerprint density at radius 3 is 2.79 bits per heavy atom. The fraction of sp³-hybridized carbons (Fsp3) is 0.294. The van der Waals surface area contributed by atoms with Crippen LogP contribution in [0, 0.1) is 0 Å². The number of nitrogens with one attached hydrogen (secondary N) is 1. The molecule has 0 saturated heterocycles. The van der Waals surface area contributed by atoms with Crippen LogP contribution >= 0.6 is 0 Å². The molecule has 1 aliphatic rings. The molecular formula is C17H18N2O5. The minimum absolute atomic E-state index is 0.0462. The molecule has 1 aromatic carbocycles. The number of hydrogen-bond donors (Lipinski definition) is 1. The van der Waals surface area contributed by atoms with Gasteiger partial charge in [0.2, 0.25) is 5.91 Å². The highest BCUT2D eigenvalue weighted by Crippen LogP contribution is 2.19. The molecule has 3 amide bonds. The van der Waals surface area contributed by atoms with Crippen LogP contribution in [0.2, 0.25) is 0 Å². The monoisotopic (exact) mass is 330 g/mol. The Morgan fingerprint density at radius 2 is 2.08 bits per heavy atom. The van der Waals surface area contributed by atoms with E-state index in [1.54, 1.807) is 24.3 Å². The summed E-state index contributed by atoms with van der Waals surface area (Å²) in [5.41, 5.74) is 1.02. The van der Waals surface area contributed by atoms with Crippen molar-refractivity contribution in [1.82, 2.24) is 10.2 Å². The Hall–Kier alpha value is -2.96. The lowest BCUT2D eigenvalue weighted by molar-refractivity contribution is -0.156. The molecule has 7 heteroatoms. The van der Waals surface area contributed by atoms with Gasteiger partial charge in [0.1, 0.15) is 6.54 Å². The third-order valence-corrected chi connectivity index (χ3v) is 3.52. The number of nitrogens with zero attached hydrogens (tertiary/aromatic N) is 1. The second kappa shape index (κ2) is 7.54. The number of benzene rings is 1. The quantitative estimate of drug-likeness (QED) is 0.464. The SMILES string of the molecule is C=CCNC(=O)[C@H](C)OC(=O)CN1C(=O)Cc2ccccc2C1=O. The zero-order chi connectivity index (χ0) is 17.7. The molecule has 0 unspecified atom stereocenters. The highest BCUT2D eigenvalue weighted by atomic mass is 16.5. The van der Waals surface area contributed by atoms with Gasteiger partial charge in [0.25, 0.3) is 11.8 Å². The highest BCUT2D eigenvalue weighted by Gasteiger charge is 2.33. The predicted octanol–water partition coefficient (Wildman–Crippen LogP) is 0.445. The number of fused-ring (bicyclic) bond motifs is 1. The summed E-state index contributed by atoms with van der Waals surface area (Å²) in [6.45, 7) is 4.60. The lowest BCUT2D eigenvalue weighted by atomic mass is 9.98. The molecule has 1 heterocycles. The summed E-state index contributed by atoms with van der Waals surface area (Å²) >= 11 is 0. The van der Waals surface area contributed by atoms with Crippen LogP contribution in [0.4, 0.5) is 0 Å². The van der Waals surface area contributed by atoms with E-state index in [2.05, 4.69) is 11.9 Å². The van der Waals surface area contributed by atoms with Crippen LogP contribution in [0.15, 0.2) is 36.9 Å². The number of imide groups is 1. The maximum atomic E-state index is 12.3. The number of hydrogen-bond acceptors (Lipinski definition) is 5. The first-order chi connectivity index (χ1) is 11.4. The summed E-state index contributed by atoms with van der Waals surface area (Å²) in [6, 6.07) is 6.74. The Bertz CT molecular complexity index is 698. The molecule has 0 aromatic heterocycles. The number of rotatable bonds is 6. The standard InChI is InChI=1S/C17H18N2O5/c1-3-8-18-16(22)11(2)24-15(21)10-19-14(20)9-12-6-4-5-7-13(12)17(19)23/h3-7,11H,1,8-10H2,2H3,(H,18,22)/t11-/m0/s1. The average molecular weight is 330 g/mol. The van der Waals surface area contributed by atoms with Crippen LogP contribution in [-0.4, -0.2) is 47.8 Å². The van der Waals surface area contributed by atoms with Crippen LogP contribution in [0.25, 0.3) is 0 Å². The Balaban J connectivity index is 1.99. The summed E-state index contributed by atoms with van der Waals surface area (Å²) in [4.78, 5) is 48.8. The zero-order valence-corrected chi connectivity index (χ0v) is 13.3. The average Bonchev–Trinajstić information content (AvgIpc) is 2.56. The molecule has 126 valence electrons. The molecule has 0 aliphatic carbocycles. The van der Waals surface area contributed by atoms with Crippen molar-refractivity contribution in [2.75, 3.05) is 13.1 Å². The fourth-order valence-electron chi connectivity index (χ4n) is 2.29. The molecule has 0 bridgehead atoms. The van der Waals surface area contributed by atoms with E-state index in [9.17, 15) is 19.2 Å². The van der Waals surface area contributed by atoms with Crippen LogP contribution < -0.4 is 5.32 Å². The lowest BCUT2D eigenvalue weighted by Crippen LogP contribution is -2.46. The molecular weight excluding hydrogens is 312 g/mol. The van der Waals surface area contributed by atoms with Crippen molar-refractivity contribution in [3.8, 4) is 0 Å². The molecule has 0 spiro atoms. The molecule has 1 aromatic rings. The van der Waals surface area contributed by atoms with Crippen molar-refractivity contribution in [2.24, 2.45) is 0 Å². The van der Waals surface area contributed by atoms with Crippen LogP contribution in [0.1, 0.15) is 22.8 Å². The first kappa shape index (κ1) is 17.4. The summed E-state index contributed by atoms with van der Waals surface area (Å²) < 4.78 is 4.97. The first-order valence-electron chi connectivity index (χ1n) is 7.44. The van der Waals surface area contributed by atoms with Gasteiger partial charge in [-0.3, -0.25) is 24.1 Å². The first-order valence-corrected chi connectivity index (χ1v) is 7.44. The number of carbonyl (C=O) groups is 4. The third kappa shape index (κ3) is 3.87. The summed E-state index contributed by atoms with van der Waals surface area (Å²) in [7, 11) is 0. The fourth-order valence-corrected chi connectivity index (χ4v) is 2.29. The maximum absolute atomic E-state index is 12.3. The van der Waals surface area contributed by atoms with E-state index in [4.69, 9.17) is 4.74 Å². The van der Waals surface area contributed by atoms with Crippen molar-refractivity contribution in [3.63, 3.8) is 0 Å². The topological polar surface area (TPSA) is 92.8 Å². The summed E-state index contributed by atoms with van der Waals surface area (Å²) in [5, 5.41) is 2.49. The second-order valence-corrected chi connectivity index (χ2v) is 5.28. The van der Waals surface area contributed by atoms with Gasteiger partial charge in [-0.1, -0.05) is 24.3 Å². The Morgan fingerprint density at radius 1 is 1.38 bits per heavy atom. The molecule has 7 nitrogen and oxygen atoms in total. The van der Waals surface area contributed by atoms with E-state index in [0.717, 1.165) is 4.90 Å². The predicted molar refractivity (Wildman–Crippen MR) is 85.0 cm³/mol. The molecule has 24 heavy (non-hydrogen) atoms. The lowest BCUT2D eigenvalue weighted by Gasteiger charge is -2.26. The molecule has 0 radical (unpaired) electrons. The summed E-state index contributed by atoms with van der Waals surface area (Å²) in [6.07, 6.45) is 0.513. The third-order valence-electron chi connectivity index (χ3n) is 3.52. The van der Waals surface area contributed by atoms with Gasteiger partial charge in [-0.2, -0.15) is 0 Å². The largest absolute Gasteiger partial charge is 0.451 e. The van der Waals surface area contributed by atoms with Crippen molar-refractivity contribution >= 4 is 23.7 Å². The van der Waals surface area contributed by atoms with Crippen molar-refractivity contribution in [1.29, 1.82) is 0 Å². The number of amides is 3. The number of carbonyl (C=O) groups excluding carboxylic acids is 4. The van der Waals surface area contributed by atoms with Gasteiger partial charge < -0.3 is 10.1 Å². The van der Waals surface area contributed by atoms with Gasteiger partial charge in [-0.25, -0.2) is 0 Å². The molecule has 0 fully saturated rings. The van der Waals surface area contributed by atoms with E-state index in [1.165, 1.54) is 13.0 Å². The minimum atomic E-state index is -1.03. The van der Waals surface area contributed by atoms with Crippen molar-refractivity contribution < 1.29 is 23.9 Å². The van der Waals surface area contributed by atoms with Gasteiger partial charge >= 0.3 is 5.97 Å². The molecule has 1 N–H and O–H groups in total. The van der Waals surface area contributed by atoms with Gasteiger partial charge in [0, 0.05) is 12.1 Å². The van der Waals surface area contributed by atoms with Gasteiger partial charge in [-0.05, 0) is 18.6 Å². The maximum Gasteiger partial charge on any atom is 0.326 e. The highest BCUT2D eigenvalue weighted by molar-refractivity contribution is 6.11. The number of esters is 1. The number of ether oxygens (including phenoxy) is 1. The van der Waals surface area contributed by atoms with Crippen molar-refractivity contribution in [3.05, 3.63) is 48.0 Å². The normalized spacial score (nSPS) is 14.6. The van der Waals surface area contributed by atoms with Gasteiger partial charge in [0.05, 0.1) is 6.42 Å². The molecule has 0 saturated carbocycles. The van der Waals surface area contributed by atoms with Crippen molar-refractivity contribution in [2.45, 2.75) is 19.4 Å². The van der Waals surface area contributed by atoms with Crippen LogP contribution in [0.3, 0.4) is 0 Å². The van der Waals surface area contributed by atoms with E-state index in [-0.39, 0.29) is 13.0 Å². The van der Waals surface area contributed by atoms with Gasteiger partial charge in [0.15, 0.2) is 6.10 Å².